The van der Waals surface area contributed by atoms with Gasteiger partial charge in [0.1, 0.15) is 0 Å². The maximum absolute atomic E-state index is 13.4. The minimum absolute atomic E-state index is 0.0239. The molecule has 0 aliphatic heterocycles. The molecule has 1 amide bonds. The second-order valence-corrected chi connectivity index (χ2v) is 10.5. The van der Waals surface area contributed by atoms with E-state index in [1.165, 1.54) is 7.11 Å². The molecule has 0 atom stereocenters. The number of amides is 1. The van der Waals surface area contributed by atoms with Crippen LogP contribution in [0, 0.1) is 12.3 Å². The molecule has 1 heterocycles. The fourth-order valence-corrected chi connectivity index (χ4v) is 3.76. The molecule has 7 nitrogen and oxygen atoms in total. The van der Waals surface area contributed by atoms with Crippen molar-refractivity contribution in [2.75, 3.05) is 7.11 Å². The van der Waals surface area contributed by atoms with E-state index in [2.05, 4.69) is 10.4 Å². The number of pyridine rings is 1. The number of hydroxylamine groups is 2. The zero-order chi connectivity index (χ0) is 29.9. The highest BCUT2D eigenvalue weighted by Crippen LogP contribution is 2.29. The van der Waals surface area contributed by atoms with Crippen LogP contribution in [0.4, 0.5) is 0 Å². The van der Waals surface area contributed by atoms with E-state index < -0.39 is 10.8 Å². The van der Waals surface area contributed by atoms with Gasteiger partial charge in [0.25, 0.3) is 5.70 Å². The van der Waals surface area contributed by atoms with Crippen LogP contribution in [-0.2, 0) is 9.53 Å². The Morgan fingerprint density at radius 1 is 1.07 bits per heavy atom. The summed E-state index contributed by atoms with van der Waals surface area (Å²) < 4.78 is 5.50. The number of hydrogen-bond donors (Lipinski definition) is 3. The molecule has 2 rings (SSSR count). The Hall–Kier alpha value is -3.78. The van der Waals surface area contributed by atoms with E-state index >= 15 is 0 Å². The molecule has 7 heteroatoms. The minimum Gasteiger partial charge on any atom is -0.491 e. The number of aryl methyl sites for hydroxylation is 1. The predicted molar refractivity (Wildman–Crippen MR) is 160 cm³/mol. The van der Waals surface area contributed by atoms with Gasteiger partial charge in [-0.3, -0.25) is 9.78 Å². The summed E-state index contributed by atoms with van der Waals surface area (Å²) >= 11 is 0. The zero-order valence-electron chi connectivity index (χ0n) is 25.0. The first kappa shape index (κ1) is 32.4. The molecule has 0 bridgehead atoms. The molecule has 40 heavy (non-hydrogen) atoms. The number of carbonyl (C=O) groups is 1. The molecular formula is C33H44N3O4+. The molecule has 0 radical (unpaired) electrons. The number of benzene rings is 1. The van der Waals surface area contributed by atoms with E-state index in [9.17, 15) is 15.2 Å². The second kappa shape index (κ2) is 14.6. The van der Waals surface area contributed by atoms with Gasteiger partial charge in [0.2, 0.25) is 0 Å². The Balaban J connectivity index is 2.52. The van der Waals surface area contributed by atoms with Gasteiger partial charge >= 0.3 is 5.91 Å². The van der Waals surface area contributed by atoms with Crippen LogP contribution >= 0.6 is 0 Å². The summed E-state index contributed by atoms with van der Waals surface area (Å²) in [5.41, 5.74) is 6.91. The van der Waals surface area contributed by atoms with Gasteiger partial charge < -0.3 is 4.74 Å². The van der Waals surface area contributed by atoms with Crippen LogP contribution in [0.25, 0.3) is 17.3 Å². The number of aromatic nitrogens is 1. The molecular weight excluding hydrogens is 502 g/mol. The monoisotopic (exact) mass is 546 g/mol. The summed E-state index contributed by atoms with van der Waals surface area (Å²) in [7, 11) is 1.45. The minimum atomic E-state index is -1.89. The summed E-state index contributed by atoms with van der Waals surface area (Å²) in [6.07, 6.45) is 13.4. The first-order valence-electron chi connectivity index (χ1n) is 13.6. The van der Waals surface area contributed by atoms with E-state index in [4.69, 9.17) is 4.74 Å². The average Bonchev–Trinajstić information content (AvgIpc) is 2.90. The smallest absolute Gasteiger partial charge is 0.301 e. The number of rotatable bonds is 11. The van der Waals surface area contributed by atoms with Gasteiger partial charge in [-0.25, -0.2) is 0 Å². The maximum Gasteiger partial charge on any atom is 0.301 e. The lowest BCUT2D eigenvalue weighted by molar-refractivity contribution is -1.24. The molecule has 0 spiro atoms. The molecule has 0 unspecified atom stereocenters. The summed E-state index contributed by atoms with van der Waals surface area (Å²) in [5, 5.41) is 22.4. The van der Waals surface area contributed by atoms with Crippen LogP contribution < -0.4 is 5.43 Å². The van der Waals surface area contributed by atoms with Gasteiger partial charge in [-0.1, -0.05) is 82.7 Å². The number of carbonyl (C=O) groups excluding carboxylic acids is 1. The number of ether oxygens (including phenoxy) is 1. The van der Waals surface area contributed by atoms with Crippen molar-refractivity contribution in [3.05, 3.63) is 107 Å². The van der Waals surface area contributed by atoms with Gasteiger partial charge in [0.15, 0.2) is 5.76 Å². The Labute approximate surface area is 239 Å². The van der Waals surface area contributed by atoms with E-state index in [0.29, 0.717) is 6.42 Å². The molecule has 0 fully saturated rings. The standard InChI is InChI=1S/C33H43N3O4/c1-9-11-19-31(40-8)30(23-25(4)33(5,6)7)36(38,39)35-32(37)26(15-10-2)20-21-27-24(3)16-14-17-28(27)29-18-12-13-22-34-29/h11-23,38-39H,9-10H2,1-8H3/p+1/b19-11+,21-20-,25-23+,26-15-,31-30-. The Bertz CT molecular complexity index is 1310. The SMILES string of the molecule is CC/C=C(/C=C\c1c(C)cccc1-c1ccccn1)C(=O)N[N+](O)(O)C(/C=C(\C)C(C)(C)C)=C(/C=C/CC)OC. The van der Waals surface area contributed by atoms with Crippen molar-refractivity contribution in [2.45, 2.75) is 61.3 Å². The number of nitrogens with zero attached hydrogens (tertiary/aromatic N) is 2. The lowest BCUT2D eigenvalue weighted by Crippen LogP contribution is -2.55. The van der Waals surface area contributed by atoms with Crippen LogP contribution in [0.5, 0.6) is 0 Å². The van der Waals surface area contributed by atoms with Gasteiger partial charge in [0.05, 0.1) is 17.7 Å². The van der Waals surface area contributed by atoms with Crippen LogP contribution in [-0.4, -0.2) is 33.3 Å². The topological polar surface area (TPSA) is 91.7 Å². The van der Waals surface area contributed by atoms with Crippen molar-refractivity contribution >= 4 is 12.0 Å². The molecule has 2 aromatic rings. The quantitative estimate of drug-likeness (QED) is 0.0878. The van der Waals surface area contributed by atoms with Crippen molar-refractivity contribution in [3.8, 4) is 11.3 Å². The van der Waals surface area contributed by atoms with Crippen molar-refractivity contribution in [1.29, 1.82) is 0 Å². The maximum atomic E-state index is 13.4. The van der Waals surface area contributed by atoms with Crippen molar-refractivity contribution in [3.63, 3.8) is 0 Å². The molecule has 0 saturated carbocycles. The van der Waals surface area contributed by atoms with Gasteiger partial charge in [-0.15, -0.1) is 15.8 Å². The number of hydrogen-bond acceptors (Lipinski definition) is 5. The molecule has 214 valence electrons. The number of allylic oxidation sites excluding steroid dienone is 5. The molecule has 3 N–H and O–H groups in total. The summed E-state index contributed by atoms with van der Waals surface area (Å²) in [6.45, 7) is 13.8. The largest absolute Gasteiger partial charge is 0.491 e. The Morgan fingerprint density at radius 2 is 1.80 bits per heavy atom. The second-order valence-electron chi connectivity index (χ2n) is 10.5. The molecule has 0 saturated heterocycles. The highest BCUT2D eigenvalue weighted by Gasteiger charge is 2.36. The highest BCUT2D eigenvalue weighted by molar-refractivity contribution is 5.97. The first-order chi connectivity index (χ1) is 18.8. The van der Waals surface area contributed by atoms with Crippen molar-refractivity contribution < 1.29 is 24.9 Å². The predicted octanol–water partition coefficient (Wildman–Crippen LogP) is 7.85. The van der Waals surface area contributed by atoms with Crippen LogP contribution in [0.15, 0.2) is 95.6 Å². The van der Waals surface area contributed by atoms with Crippen LogP contribution in [0.3, 0.4) is 0 Å². The van der Waals surface area contributed by atoms with E-state index in [-0.39, 0.29) is 22.4 Å². The fourth-order valence-electron chi connectivity index (χ4n) is 3.76. The number of methoxy groups -OCH3 is 1. The summed E-state index contributed by atoms with van der Waals surface area (Å²) in [4.78, 5) is 16.0. The zero-order valence-corrected chi connectivity index (χ0v) is 25.0. The Morgan fingerprint density at radius 3 is 2.38 bits per heavy atom. The molecule has 1 aromatic heterocycles. The average molecular weight is 547 g/mol. The van der Waals surface area contributed by atoms with Crippen LogP contribution in [0.2, 0.25) is 0 Å². The van der Waals surface area contributed by atoms with Gasteiger partial charge in [-0.2, -0.15) is 0 Å². The molecule has 1 aromatic carbocycles. The third-order valence-electron chi connectivity index (χ3n) is 6.49. The third-order valence-corrected chi connectivity index (χ3v) is 6.49. The van der Waals surface area contributed by atoms with Crippen LogP contribution in [0.1, 0.15) is 65.5 Å². The van der Waals surface area contributed by atoms with E-state index in [1.54, 1.807) is 30.5 Å². The lowest BCUT2D eigenvalue weighted by Gasteiger charge is -2.25. The fraction of sp³-hybridized carbons (Fsp3) is 0.333. The van der Waals surface area contributed by atoms with E-state index in [0.717, 1.165) is 34.4 Å². The summed E-state index contributed by atoms with van der Waals surface area (Å²) in [5.74, 6) is -0.447. The molecule has 0 aliphatic rings. The first-order valence-corrected chi connectivity index (χ1v) is 13.6. The number of nitrogens with one attached hydrogen (secondary N) is 1. The van der Waals surface area contributed by atoms with Crippen molar-refractivity contribution in [2.24, 2.45) is 5.41 Å². The lowest BCUT2D eigenvalue weighted by atomic mass is 9.87. The molecule has 0 aliphatic carbocycles. The van der Waals surface area contributed by atoms with Crippen molar-refractivity contribution in [1.82, 2.24) is 10.4 Å². The van der Waals surface area contributed by atoms with Gasteiger partial charge in [0, 0.05) is 23.4 Å². The number of quaternary nitrogens is 1. The Kier molecular flexibility index (Phi) is 11.8. The highest BCUT2D eigenvalue weighted by atomic mass is 16.9. The normalized spacial score (nSPS) is 14.1. The van der Waals surface area contributed by atoms with E-state index in [1.807, 2.05) is 97.0 Å². The summed E-state index contributed by atoms with van der Waals surface area (Å²) in [6, 6.07) is 11.7. The third kappa shape index (κ3) is 8.88. The van der Waals surface area contributed by atoms with Gasteiger partial charge in [-0.05, 0) is 67.5 Å².